The summed E-state index contributed by atoms with van der Waals surface area (Å²) in [5, 5.41) is 8.68. The number of anilines is 1. The zero-order chi connectivity index (χ0) is 16.5. The number of imidazole rings is 1. The summed E-state index contributed by atoms with van der Waals surface area (Å²) in [6.45, 7) is 4.50. The minimum absolute atomic E-state index is 0.581. The summed E-state index contributed by atoms with van der Waals surface area (Å²) in [4.78, 5) is 18.6. The summed E-state index contributed by atoms with van der Waals surface area (Å²) in [7, 11) is 0. The molecule has 4 heterocycles. The molecule has 1 N–H and O–H groups in total. The van der Waals surface area contributed by atoms with Crippen LogP contribution in [0, 0.1) is 13.8 Å². The SMILES string of the molecule is Cc1cc(NCc2cn3nc(C)sc3n2)nc(-c2cccnc2)n1. The first-order valence-corrected chi connectivity index (χ1v) is 8.31. The molecule has 4 aromatic heterocycles. The van der Waals surface area contributed by atoms with E-state index in [0.717, 1.165) is 32.7 Å². The summed E-state index contributed by atoms with van der Waals surface area (Å²) < 4.78 is 1.81. The Labute approximate surface area is 142 Å². The van der Waals surface area contributed by atoms with E-state index in [2.05, 4.69) is 30.4 Å². The van der Waals surface area contributed by atoms with Gasteiger partial charge in [-0.15, -0.1) is 0 Å². The van der Waals surface area contributed by atoms with Crippen molar-refractivity contribution in [1.29, 1.82) is 0 Å². The lowest BCUT2D eigenvalue weighted by molar-refractivity contribution is 0.938. The largest absolute Gasteiger partial charge is 0.364 e. The highest BCUT2D eigenvalue weighted by molar-refractivity contribution is 7.16. The van der Waals surface area contributed by atoms with Crippen molar-refractivity contribution >= 4 is 22.1 Å². The van der Waals surface area contributed by atoms with Crippen LogP contribution >= 0.6 is 11.3 Å². The van der Waals surface area contributed by atoms with Crippen molar-refractivity contribution in [3.63, 3.8) is 0 Å². The molecule has 4 rings (SSSR count). The molecule has 0 radical (unpaired) electrons. The average molecular weight is 337 g/mol. The third-order valence-electron chi connectivity index (χ3n) is 3.42. The van der Waals surface area contributed by atoms with Gasteiger partial charge in [0.25, 0.3) is 0 Å². The van der Waals surface area contributed by atoms with Crippen molar-refractivity contribution in [1.82, 2.24) is 29.5 Å². The third kappa shape index (κ3) is 2.95. The topological polar surface area (TPSA) is 80.9 Å². The maximum atomic E-state index is 4.56. The Hall–Kier alpha value is -2.87. The number of hydrogen-bond donors (Lipinski definition) is 1. The Kier molecular flexibility index (Phi) is 3.66. The third-order valence-corrected chi connectivity index (χ3v) is 4.26. The molecule has 0 saturated heterocycles. The first-order valence-electron chi connectivity index (χ1n) is 7.49. The summed E-state index contributed by atoms with van der Waals surface area (Å²) in [6, 6.07) is 5.74. The van der Waals surface area contributed by atoms with Crippen LogP contribution in [0.3, 0.4) is 0 Å². The van der Waals surface area contributed by atoms with Crippen LogP contribution in [0.4, 0.5) is 5.82 Å². The van der Waals surface area contributed by atoms with E-state index in [4.69, 9.17) is 0 Å². The van der Waals surface area contributed by atoms with Gasteiger partial charge in [0, 0.05) is 29.7 Å². The maximum absolute atomic E-state index is 4.56. The zero-order valence-corrected chi connectivity index (χ0v) is 14.1. The molecule has 0 atom stereocenters. The number of fused-ring (bicyclic) bond motifs is 1. The Bertz CT molecular complexity index is 959. The molecule has 0 bridgehead atoms. The molecule has 0 saturated carbocycles. The van der Waals surface area contributed by atoms with Gasteiger partial charge in [-0.1, -0.05) is 11.3 Å². The van der Waals surface area contributed by atoms with E-state index in [9.17, 15) is 0 Å². The van der Waals surface area contributed by atoms with Gasteiger partial charge in [0.15, 0.2) is 5.82 Å². The molecule has 0 fully saturated rings. The Morgan fingerprint density at radius 1 is 1.21 bits per heavy atom. The van der Waals surface area contributed by atoms with E-state index in [0.29, 0.717) is 12.4 Å². The Balaban J connectivity index is 1.55. The second-order valence-corrected chi connectivity index (χ2v) is 6.55. The Morgan fingerprint density at radius 2 is 2.12 bits per heavy atom. The van der Waals surface area contributed by atoms with Gasteiger partial charge in [-0.05, 0) is 26.0 Å². The number of nitrogens with zero attached hydrogens (tertiary/aromatic N) is 6. The van der Waals surface area contributed by atoms with Gasteiger partial charge in [0.05, 0.1) is 18.4 Å². The molecular weight excluding hydrogens is 322 g/mol. The van der Waals surface area contributed by atoms with Gasteiger partial charge in [-0.3, -0.25) is 4.98 Å². The smallest absolute Gasteiger partial charge is 0.212 e. The van der Waals surface area contributed by atoms with E-state index in [1.54, 1.807) is 23.7 Å². The zero-order valence-electron chi connectivity index (χ0n) is 13.3. The van der Waals surface area contributed by atoms with Crippen LogP contribution in [0.5, 0.6) is 0 Å². The normalized spacial score (nSPS) is 11.1. The molecule has 4 aromatic rings. The second-order valence-electron chi connectivity index (χ2n) is 5.39. The molecule has 120 valence electrons. The number of rotatable bonds is 4. The summed E-state index contributed by atoms with van der Waals surface area (Å²) in [5.41, 5.74) is 2.72. The van der Waals surface area contributed by atoms with Crippen LogP contribution in [0.2, 0.25) is 0 Å². The van der Waals surface area contributed by atoms with Crippen LogP contribution in [-0.2, 0) is 6.54 Å². The van der Waals surface area contributed by atoms with Gasteiger partial charge in [0.1, 0.15) is 10.8 Å². The van der Waals surface area contributed by atoms with Crippen LogP contribution in [0.1, 0.15) is 16.4 Å². The first-order chi connectivity index (χ1) is 11.7. The van der Waals surface area contributed by atoms with E-state index in [1.807, 2.05) is 42.8 Å². The predicted molar refractivity (Wildman–Crippen MR) is 92.9 cm³/mol. The monoisotopic (exact) mass is 337 g/mol. The lowest BCUT2D eigenvalue weighted by Gasteiger charge is -2.07. The fraction of sp³-hybridized carbons (Fsp3) is 0.188. The minimum atomic E-state index is 0.581. The molecule has 0 aliphatic heterocycles. The van der Waals surface area contributed by atoms with Crippen LogP contribution in [0.25, 0.3) is 16.3 Å². The van der Waals surface area contributed by atoms with E-state index in [1.165, 1.54) is 0 Å². The molecule has 7 nitrogen and oxygen atoms in total. The first kappa shape index (κ1) is 14.7. The molecule has 0 aliphatic rings. The molecule has 0 spiro atoms. The van der Waals surface area contributed by atoms with Crippen LogP contribution in [-0.4, -0.2) is 29.5 Å². The molecule has 24 heavy (non-hydrogen) atoms. The van der Waals surface area contributed by atoms with Crippen molar-refractivity contribution in [2.45, 2.75) is 20.4 Å². The molecule has 0 amide bonds. The maximum Gasteiger partial charge on any atom is 0.212 e. The van der Waals surface area contributed by atoms with Crippen LogP contribution in [0.15, 0.2) is 36.8 Å². The van der Waals surface area contributed by atoms with Crippen molar-refractivity contribution in [3.8, 4) is 11.4 Å². The minimum Gasteiger partial charge on any atom is -0.364 e. The fourth-order valence-electron chi connectivity index (χ4n) is 2.39. The number of aromatic nitrogens is 6. The quantitative estimate of drug-likeness (QED) is 0.617. The summed E-state index contributed by atoms with van der Waals surface area (Å²) in [5.74, 6) is 1.43. The fourth-order valence-corrected chi connectivity index (χ4v) is 3.14. The molecule has 0 unspecified atom stereocenters. The lowest BCUT2D eigenvalue weighted by Crippen LogP contribution is -2.04. The van der Waals surface area contributed by atoms with Gasteiger partial charge in [0.2, 0.25) is 4.96 Å². The van der Waals surface area contributed by atoms with E-state index in [-0.39, 0.29) is 0 Å². The number of pyridine rings is 1. The summed E-state index contributed by atoms with van der Waals surface area (Å²) in [6.07, 6.45) is 5.43. The average Bonchev–Trinajstić information content (AvgIpc) is 3.10. The lowest BCUT2D eigenvalue weighted by atomic mass is 10.2. The van der Waals surface area contributed by atoms with Gasteiger partial charge >= 0.3 is 0 Å². The standard InChI is InChI=1S/C16H15N7S/c1-10-6-14(21-15(19-10)12-4-3-5-17-7-12)18-8-13-9-23-16(20-13)24-11(2)22-23/h3-7,9H,8H2,1-2H3,(H,18,19,21). The Morgan fingerprint density at radius 3 is 2.92 bits per heavy atom. The molecule has 0 aromatic carbocycles. The van der Waals surface area contributed by atoms with Gasteiger partial charge in [-0.25, -0.2) is 19.5 Å². The highest BCUT2D eigenvalue weighted by Gasteiger charge is 2.08. The van der Waals surface area contributed by atoms with Gasteiger partial charge in [-0.2, -0.15) is 5.10 Å². The van der Waals surface area contributed by atoms with Crippen molar-refractivity contribution < 1.29 is 0 Å². The van der Waals surface area contributed by atoms with E-state index < -0.39 is 0 Å². The van der Waals surface area contributed by atoms with Crippen molar-refractivity contribution in [2.75, 3.05) is 5.32 Å². The van der Waals surface area contributed by atoms with Crippen molar-refractivity contribution in [2.24, 2.45) is 0 Å². The second kappa shape index (κ2) is 5.97. The molecular formula is C16H15N7S. The van der Waals surface area contributed by atoms with Gasteiger partial charge < -0.3 is 5.32 Å². The molecule has 8 heteroatoms. The number of nitrogens with one attached hydrogen (secondary N) is 1. The van der Waals surface area contributed by atoms with Crippen molar-refractivity contribution in [3.05, 3.63) is 53.2 Å². The number of aryl methyl sites for hydroxylation is 2. The summed E-state index contributed by atoms with van der Waals surface area (Å²) >= 11 is 1.58. The highest BCUT2D eigenvalue weighted by Crippen LogP contribution is 2.18. The number of hydrogen-bond acceptors (Lipinski definition) is 7. The van der Waals surface area contributed by atoms with Crippen LogP contribution < -0.4 is 5.32 Å². The molecule has 0 aliphatic carbocycles. The predicted octanol–water partition coefficient (Wildman–Crippen LogP) is 2.87. The highest BCUT2D eigenvalue weighted by atomic mass is 32.1. The van der Waals surface area contributed by atoms with E-state index >= 15 is 0 Å².